The second-order valence-corrected chi connectivity index (χ2v) is 6.77. The normalized spacial score (nSPS) is 16.4. The van der Waals surface area contributed by atoms with Crippen LogP contribution in [-0.4, -0.2) is 38.8 Å². The fourth-order valence-electron chi connectivity index (χ4n) is 3.09. The topological polar surface area (TPSA) is 76.9 Å². The number of halogens is 2. The fourth-order valence-corrected chi connectivity index (χ4v) is 3.09. The predicted molar refractivity (Wildman–Crippen MR) is 105 cm³/mol. The third-order valence-corrected chi connectivity index (χ3v) is 4.30. The van der Waals surface area contributed by atoms with Crippen molar-refractivity contribution in [2.45, 2.75) is 39.8 Å². The quantitative estimate of drug-likeness (QED) is 0.678. The third kappa shape index (κ3) is 3.89. The molecule has 1 saturated heterocycles. The second-order valence-electron chi connectivity index (χ2n) is 6.77. The molecule has 1 fully saturated rings. The van der Waals surface area contributed by atoms with Crippen LogP contribution in [0.25, 0.3) is 11.2 Å². The molecular formula is C19H24F2N6O. The first kappa shape index (κ1) is 19.9. The van der Waals surface area contributed by atoms with Crippen LogP contribution in [-0.2, 0) is 4.74 Å². The van der Waals surface area contributed by atoms with Crippen molar-refractivity contribution in [2.75, 3.05) is 23.8 Å². The Morgan fingerprint density at radius 1 is 1.25 bits per heavy atom. The first-order valence-corrected chi connectivity index (χ1v) is 8.82. The van der Waals surface area contributed by atoms with Crippen LogP contribution in [0.1, 0.15) is 33.7 Å². The molecule has 3 heterocycles. The van der Waals surface area contributed by atoms with E-state index >= 15 is 0 Å². The standard InChI is InChI=1S/C18H20F2N6O.CH4/c1-10(2)22-17-21-8-15-16(25-17)26(12-5-6-27-9-12)18(24-15)23-14-4-3-11(19)7-13(14)20;/h3-4,7-8,10,12H,5-6,9H2,1-2H3,(H,23,24)(H,21,22,25);1H4/t12-;/m0./s1. The fraction of sp³-hybridized carbons (Fsp3) is 0.421. The van der Waals surface area contributed by atoms with Crippen molar-refractivity contribution < 1.29 is 13.5 Å². The summed E-state index contributed by atoms with van der Waals surface area (Å²) in [4.78, 5) is 13.4. The lowest BCUT2D eigenvalue weighted by Crippen LogP contribution is -2.15. The van der Waals surface area contributed by atoms with E-state index in [1.807, 2.05) is 18.4 Å². The van der Waals surface area contributed by atoms with E-state index < -0.39 is 11.6 Å². The molecule has 150 valence electrons. The zero-order valence-electron chi connectivity index (χ0n) is 15.0. The van der Waals surface area contributed by atoms with Crippen molar-refractivity contribution in [2.24, 2.45) is 0 Å². The van der Waals surface area contributed by atoms with Gasteiger partial charge in [-0.15, -0.1) is 0 Å². The number of anilines is 3. The second kappa shape index (κ2) is 8.05. The molecule has 0 amide bonds. The Labute approximate surface area is 162 Å². The first-order valence-electron chi connectivity index (χ1n) is 8.82. The van der Waals surface area contributed by atoms with Gasteiger partial charge in [-0.2, -0.15) is 4.98 Å². The van der Waals surface area contributed by atoms with E-state index in [0.29, 0.717) is 36.3 Å². The molecule has 2 aromatic heterocycles. The van der Waals surface area contributed by atoms with Gasteiger partial charge in [0.05, 0.1) is 24.5 Å². The molecule has 28 heavy (non-hydrogen) atoms. The highest BCUT2D eigenvalue weighted by atomic mass is 19.1. The van der Waals surface area contributed by atoms with Crippen LogP contribution in [0.2, 0.25) is 0 Å². The summed E-state index contributed by atoms with van der Waals surface area (Å²) in [7, 11) is 0. The maximum absolute atomic E-state index is 14.1. The van der Waals surface area contributed by atoms with E-state index in [-0.39, 0.29) is 25.2 Å². The van der Waals surface area contributed by atoms with Gasteiger partial charge in [0.15, 0.2) is 5.65 Å². The number of nitrogens with one attached hydrogen (secondary N) is 2. The van der Waals surface area contributed by atoms with Gasteiger partial charge >= 0.3 is 0 Å². The molecule has 7 nitrogen and oxygen atoms in total. The minimum absolute atomic E-state index is 0. The highest BCUT2D eigenvalue weighted by Gasteiger charge is 2.25. The number of aromatic nitrogens is 4. The first-order chi connectivity index (χ1) is 13.0. The molecule has 1 aromatic carbocycles. The molecule has 0 bridgehead atoms. The minimum atomic E-state index is -0.690. The van der Waals surface area contributed by atoms with E-state index in [0.717, 1.165) is 12.5 Å². The summed E-state index contributed by atoms with van der Waals surface area (Å²) in [6.45, 7) is 5.15. The van der Waals surface area contributed by atoms with Gasteiger partial charge in [-0.05, 0) is 32.4 Å². The van der Waals surface area contributed by atoms with E-state index in [9.17, 15) is 8.78 Å². The van der Waals surface area contributed by atoms with Crippen LogP contribution in [0, 0.1) is 11.6 Å². The van der Waals surface area contributed by atoms with Crippen molar-refractivity contribution in [3.05, 3.63) is 36.0 Å². The Morgan fingerprint density at radius 3 is 2.75 bits per heavy atom. The summed E-state index contributed by atoms with van der Waals surface area (Å²) in [6.07, 6.45) is 2.43. The van der Waals surface area contributed by atoms with Gasteiger partial charge in [-0.25, -0.2) is 18.7 Å². The van der Waals surface area contributed by atoms with Gasteiger partial charge in [-0.3, -0.25) is 4.57 Å². The number of ether oxygens (including phenoxy) is 1. The maximum Gasteiger partial charge on any atom is 0.224 e. The maximum atomic E-state index is 14.1. The molecule has 4 rings (SSSR count). The van der Waals surface area contributed by atoms with Crippen molar-refractivity contribution in [1.82, 2.24) is 19.5 Å². The smallest absolute Gasteiger partial charge is 0.224 e. The third-order valence-electron chi connectivity index (χ3n) is 4.30. The molecule has 0 aliphatic carbocycles. The monoisotopic (exact) mass is 390 g/mol. The lowest BCUT2D eigenvalue weighted by Gasteiger charge is -2.16. The van der Waals surface area contributed by atoms with Crippen LogP contribution >= 0.6 is 0 Å². The number of hydrogen-bond donors (Lipinski definition) is 2. The highest BCUT2D eigenvalue weighted by molar-refractivity contribution is 5.76. The van der Waals surface area contributed by atoms with Gasteiger partial charge < -0.3 is 15.4 Å². The number of fused-ring (bicyclic) bond motifs is 1. The average molecular weight is 390 g/mol. The zero-order chi connectivity index (χ0) is 19.0. The largest absolute Gasteiger partial charge is 0.379 e. The summed E-state index contributed by atoms with van der Waals surface area (Å²) in [5.74, 6) is -0.408. The summed E-state index contributed by atoms with van der Waals surface area (Å²) in [5.41, 5.74) is 1.36. The van der Waals surface area contributed by atoms with E-state index in [4.69, 9.17) is 4.74 Å². The Balaban J connectivity index is 0.00000225. The lowest BCUT2D eigenvalue weighted by atomic mass is 10.2. The molecule has 0 radical (unpaired) electrons. The number of rotatable bonds is 5. The number of imidazole rings is 1. The van der Waals surface area contributed by atoms with Crippen molar-refractivity contribution in [3.8, 4) is 0 Å². The minimum Gasteiger partial charge on any atom is -0.379 e. The van der Waals surface area contributed by atoms with Crippen LogP contribution in [0.15, 0.2) is 24.4 Å². The average Bonchev–Trinajstić information content (AvgIpc) is 3.23. The molecule has 9 heteroatoms. The Morgan fingerprint density at radius 2 is 2.07 bits per heavy atom. The van der Waals surface area contributed by atoms with Crippen LogP contribution in [0.3, 0.4) is 0 Å². The zero-order valence-corrected chi connectivity index (χ0v) is 15.0. The van der Waals surface area contributed by atoms with Crippen LogP contribution in [0.4, 0.5) is 26.4 Å². The molecule has 0 spiro atoms. The highest BCUT2D eigenvalue weighted by Crippen LogP contribution is 2.31. The summed E-state index contributed by atoms with van der Waals surface area (Å²) >= 11 is 0. The summed E-state index contributed by atoms with van der Waals surface area (Å²) in [6, 6.07) is 3.57. The van der Waals surface area contributed by atoms with E-state index in [1.54, 1.807) is 6.20 Å². The van der Waals surface area contributed by atoms with Crippen molar-refractivity contribution >= 4 is 28.7 Å². The molecule has 3 aromatic rings. The van der Waals surface area contributed by atoms with Gasteiger partial charge in [0.1, 0.15) is 17.2 Å². The van der Waals surface area contributed by atoms with Crippen molar-refractivity contribution in [3.63, 3.8) is 0 Å². The molecule has 0 unspecified atom stereocenters. The van der Waals surface area contributed by atoms with E-state index in [1.165, 1.54) is 12.1 Å². The number of hydrogen-bond acceptors (Lipinski definition) is 6. The van der Waals surface area contributed by atoms with Gasteiger partial charge in [-0.1, -0.05) is 7.43 Å². The number of nitrogens with zero attached hydrogens (tertiary/aromatic N) is 4. The van der Waals surface area contributed by atoms with Crippen LogP contribution in [0.5, 0.6) is 0 Å². The molecule has 0 saturated carbocycles. The Bertz CT molecular complexity index is 968. The van der Waals surface area contributed by atoms with E-state index in [2.05, 4.69) is 25.6 Å². The summed E-state index contributed by atoms with van der Waals surface area (Å²) in [5, 5.41) is 6.13. The predicted octanol–water partition coefficient (Wildman–Crippen LogP) is 4.27. The summed E-state index contributed by atoms with van der Waals surface area (Å²) < 4.78 is 34.7. The Hall–Kier alpha value is -2.81. The number of benzene rings is 1. The van der Waals surface area contributed by atoms with Gasteiger partial charge in [0, 0.05) is 18.7 Å². The molecule has 2 N–H and O–H groups in total. The van der Waals surface area contributed by atoms with Crippen LogP contribution < -0.4 is 10.6 Å². The molecule has 1 aliphatic rings. The van der Waals surface area contributed by atoms with Crippen molar-refractivity contribution in [1.29, 1.82) is 0 Å². The molecule has 1 aliphatic heterocycles. The van der Waals surface area contributed by atoms with Gasteiger partial charge in [0.2, 0.25) is 11.9 Å². The van der Waals surface area contributed by atoms with Gasteiger partial charge in [0.25, 0.3) is 0 Å². The molecule has 1 atom stereocenters. The molecular weight excluding hydrogens is 366 g/mol. The lowest BCUT2D eigenvalue weighted by molar-refractivity contribution is 0.187. The SMILES string of the molecule is C.CC(C)Nc1ncc2nc(Nc3ccc(F)cc3F)n([C@H]3CCOC3)c2n1. The Kier molecular flexibility index (Phi) is 5.73.